The first-order valence-corrected chi connectivity index (χ1v) is 8.09. The summed E-state index contributed by atoms with van der Waals surface area (Å²) in [5.74, 6) is -0.0973. The standard InChI is InChI=1S/C16H17IN6O/c1-10(22-23-15(18)19)11-2-6-13(7-3-11)20-16(24)21-14-8-4-12(17)5-9-14/h2-9H,1H3,(H4,18,19,23)(H2,20,21,24)/b22-10-. The van der Waals surface area contributed by atoms with Crippen LogP contribution in [0.3, 0.4) is 0 Å². The van der Waals surface area contributed by atoms with E-state index in [2.05, 4.69) is 43.4 Å². The smallest absolute Gasteiger partial charge is 0.323 e. The third-order valence-electron chi connectivity index (χ3n) is 2.98. The summed E-state index contributed by atoms with van der Waals surface area (Å²) in [7, 11) is 0. The molecule has 2 amide bonds. The number of rotatable bonds is 4. The van der Waals surface area contributed by atoms with E-state index in [9.17, 15) is 4.79 Å². The summed E-state index contributed by atoms with van der Waals surface area (Å²) in [4.78, 5) is 12.0. The molecule has 0 fully saturated rings. The molecule has 2 aromatic rings. The van der Waals surface area contributed by atoms with Gasteiger partial charge in [0.2, 0.25) is 5.96 Å². The second-order valence-electron chi connectivity index (χ2n) is 4.87. The molecule has 0 aliphatic carbocycles. The summed E-state index contributed by atoms with van der Waals surface area (Å²) in [5.41, 5.74) is 13.4. The number of hydrogen-bond donors (Lipinski definition) is 4. The summed E-state index contributed by atoms with van der Waals surface area (Å²) in [5, 5.41) is 13.0. The largest absolute Gasteiger partial charge is 0.369 e. The van der Waals surface area contributed by atoms with Gasteiger partial charge >= 0.3 is 6.03 Å². The van der Waals surface area contributed by atoms with Crippen LogP contribution in [0.5, 0.6) is 0 Å². The molecule has 124 valence electrons. The minimum absolute atomic E-state index is 0.0973. The topological polar surface area (TPSA) is 118 Å². The van der Waals surface area contributed by atoms with Gasteiger partial charge in [-0.1, -0.05) is 12.1 Å². The first kappa shape index (κ1) is 17.7. The van der Waals surface area contributed by atoms with Gasteiger partial charge in [-0.2, -0.15) is 5.10 Å². The Balaban J connectivity index is 1.98. The molecule has 0 saturated carbocycles. The Morgan fingerprint density at radius 3 is 1.92 bits per heavy atom. The Labute approximate surface area is 153 Å². The lowest BCUT2D eigenvalue weighted by atomic mass is 10.1. The van der Waals surface area contributed by atoms with E-state index in [0.717, 1.165) is 14.8 Å². The lowest BCUT2D eigenvalue weighted by Gasteiger charge is -2.08. The van der Waals surface area contributed by atoms with Crippen LogP contribution in [-0.4, -0.2) is 17.7 Å². The molecule has 0 aliphatic rings. The van der Waals surface area contributed by atoms with E-state index < -0.39 is 0 Å². The summed E-state index contributed by atoms with van der Waals surface area (Å²) in [6.45, 7) is 1.79. The molecule has 0 spiro atoms. The zero-order valence-corrected chi connectivity index (χ0v) is 15.1. The van der Waals surface area contributed by atoms with Crippen LogP contribution in [-0.2, 0) is 0 Å². The predicted octanol–water partition coefficient (Wildman–Crippen LogP) is 2.93. The SMILES string of the molecule is C/C(=N/N=C(N)N)c1ccc(NC(=O)Nc2ccc(I)cc2)cc1. The molecule has 0 unspecified atom stereocenters. The highest BCUT2D eigenvalue weighted by Crippen LogP contribution is 2.13. The van der Waals surface area contributed by atoms with E-state index in [-0.39, 0.29) is 12.0 Å². The van der Waals surface area contributed by atoms with Crippen LogP contribution in [0.4, 0.5) is 16.2 Å². The molecular weight excluding hydrogens is 419 g/mol. The van der Waals surface area contributed by atoms with Crippen LogP contribution in [0.15, 0.2) is 58.7 Å². The molecule has 2 rings (SSSR count). The van der Waals surface area contributed by atoms with Gasteiger partial charge in [-0.25, -0.2) is 4.79 Å². The molecule has 0 heterocycles. The highest BCUT2D eigenvalue weighted by Gasteiger charge is 2.04. The molecule has 0 aliphatic heterocycles. The fourth-order valence-corrected chi connectivity index (χ4v) is 2.17. The molecule has 0 atom stereocenters. The van der Waals surface area contributed by atoms with Crippen molar-refractivity contribution in [1.82, 2.24) is 0 Å². The van der Waals surface area contributed by atoms with Crippen molar-refractivity contribution in [2.24, 2.45) is 21.7 Å². The third-order valence-corrected chi connectivity index (χ3v) is 3.70. The summed E-state index contributed by atoms with van der Waals surface area (Å²) >= 11 is 2.21. The highest BCUT2D eigenvalue weighted by atomic mass is 127. The van der Waals surface area contributed by atoms with E-state index in [1.54, 1.807) is 19.1 Å². The maximum Gasteiger partial charge on any atom is 0.323 e. The van der Waals surface area contributed by atoms with E-state index in [1.807, 2.05) is 36.4 Å². The van der Waals surface area contributed by atoms with Crippen molar-refractivity contribution in [3.8, 4) is 0 Å². The minimum Gasteiger partial charge on any atom is -0.369 e. The van der Waals surface area contributed by atoms with Crippen molar-refractivity contribution in [2.75, 3.05) is 10.6 Å². The summed E-state index contributed by atoms with van der Waals surface area (Å²) < 4.78 is 1.10. The first-order chi connectivity index (χ1) is 11.4. The van der Waals surface area contributed by atoms with Crippen molar-refractivity contribution in [3.05, 3.63) is 57.7 Å². The van der Waals surface area contributed by atoms with Crippen molar-refractivity contribution < 1.29 is 4.79 Å². The number of amides is 2. The molecule has 0 radical (unpaired) electrons. The highest BCUT2D eigenvalue weighted by molar-refractivity contribution is 14.1. The lowest BCUT2D eigenvalue weighted by Crippen LogP contribution is -2.22. The molecular formula is C16H17IN6O. The van der Waals surface area contributed by atoms with Crippen LogP contribution in [0, 0.1) is 3.57 Å². The predicted molar refractivity (Wildman–Crippen MR) is 106 cm³/mol. The number of benzene rings is 2. The van der Waals surface area contributed by atoms with E-state index in [4.69, 9.17) is 11.5 Å². The number of guanidine groups is 1. The number of anilines is 2. The number of carbonyl (C=O) groups excluding carboxylic acids is 1. The molecule has 0 bridgehead atoms. The third kappa shape index (κ3) is 5.54. The average molecular weight is 436 g/mol. The average Bonchev–Trinajstić information content (AvgIpc) is 2.55. The quantitative estimate of drug-likeness (QED) is 0.256. The fourth-order valence-electron chi connectivity index (χ4n) is 1.81. The van der Waals surface area contributed by atoms with Crippen LogP contribution >= 0.6 is 22.6 Å². The van der Waals surface area contributed by atoms with Gasteiger partial charge in [-0.05, 0) is 71.5 Å². The molecule has 8 heteroatoms. The second kappa shape index (κ2) is 8.29. The summed E-state index contributed by atoms with van der Waals surface area (Å²) in [6, 6.07) is 14.4. The van der Waals surface area contributed by atoms with E-state index in [0.29, 0.717) is 11.4 Å². The monoisotopic (exact) mass is 436 g/mol. The Morgan fingerprint density at radius 2 is 1.42 bits per heavy atom. The lowest BCUT2D eigenvalue weighted by molar-refractivity contribution is 0.262. The van der Waals surface area contributed by atoms with Gasteiger partial charge < -0.3 is 22.1 Å². The zero-order valence-electron chi connectivity index (χ0n) is 13.0. The van der Waals surface area contributed by atoms with Gasteiger partial charge in [0.1, 0.15) is 0 Å². The van der Waals surface area contributed by atoms with E-state index in [1.165, 1.54) is 0 Å². The molecule has 6 N–H and O–H groups in total. The van der Waals surface area contributed by atoms with Gasteiger partial charge in [0.05, 0.1) is 5.71 Å². The van der Waals surface area contributed by atoms with Crippen LogP contribution in [0.1, 0.15) is 12.5 Å². The zero-order chi connectivity index (χ0) is 17.5. The molecule has 0 saturated heterocycles. The maximum atomic E-state index is 12.0. The maximum absolute atomic E-state index is 12.0. The number of nitrogens with zero attached hydrogens (tertiary/aromatic N) is 2. The van der Waals surface area contributed by atoms with Gasteiger partial charge in [-0.15, -0.1) is 5.10 Å². The number of urea groups is 1. The van der Waals surface area contributed by atoms with Gasteiger partial charge in [-0.3, -0.25) is 0 Å². The normalized spacial score (nSPS) is 10.8. The van der Waals surface area contributed by atoms with Crippen LogP contribution in [0.25, 0.3) is 0 Å². The van der Waals surface area contributed by atoms with Crippen molar-refractivity contribution in [3.63, 3.8) is 0 Å². The Bertz CT molecular complexity index is 764. The summed E-state index contributed by atoms with van der Waals surface area (Å²) in [6.07, 6.45) is 0. The molecule has 0 aromatic heterocycles. The number of nitrogens with one attached hydrogen (secondary N) is 2. The van der Waals surface area contributed by atoms with Gasteiger partial charge in [0.15, 0.2) is 0 Å². The minimum atomic E-state index is -0.310. The van der Waals surface area contributed by atoms with E-state index >= 15 is 0 Å². The fraction of sp³-hybridized carbons (Fsp3) is 0.0625. The Kier molecular flexibility index (Phi) is 6.13. The molecule has 24 heavy (non-hydrogen) atoms. The second-order valence-corrected chi connectivity index (χ2v) is 6.12. The Hall–Kier alpha value is -2.62. The van der Waals surface area contributed by atoms with Crippen molar-refractivity contribution in [2.45, 2.75) is 6.92 Å². The number of halogens is 1. The molecule has 2 aromatic carbocycles. The number of carbonyl (C=O) groups is 1. The van der Waals surface area contributed by atoms with Crippen LogP contribution in [0.2, 0.25) is 0 Å². The Morgan fingerprint density at radius 1 is 0.917 bits per heavy atom. The molecule has 7 nitrogen and oxygen atoms in total. The van der Waals surface area contributed by atoms with Crippen molar-refractivity contribution >= 4 is 51.7 Å². The van der Waals surface area contributed by atoms with Crippen LogP contribution < -0.4 is 22.1 Å². The van der Waals surface area contributed by atoms with Crippen molar-refractivity contribution in [1.29, 1.82) is 0 Å². The number of nitrogens with two attached hydrogens (primary N) is 2. The van der Waals surface area contributed by atoms with Gasteiger partial charge in [0.25, 0.3) is 0 Å². The number of hydrogen-bond acceptors (Lipinski definition) is 3. The first-order valence-electron chi connectivity index (χ1n) is 7.01. The van der Waals surface area contributed by atoms with Gasteiger partial charge in [0, 0.05) is 14.9 Å².